The Morgan fingerprint density at radius 2 is 2.04 bits per heavy atom. The maximum Gasteiger partial charge on any atom is 0.313 e. The lowest BCUT2D eigenvalue weighted by molar-refractivity contribution is -0.136. The molecule has 122 valence electrons. The van der Waals surface area contributed by atoms with E-state index >= 15 is 0 Å². The standard InChI is InChI=1S/C16H18N2O3S2/c1-16(21,13-7-4-8-23-13)10-17-14(19)15(20)18-11-5-3-6-12(9-11)22-2/h3-9,21H,10H2,1-2H3,(H,17,19)(H,18,20). The first-order valence-corrected chi connectivity index (χ1v) is 9.02. The Hall–Kier alpha value is -1.83. The summed E-state index contributed by atoms with van der Waals surface area (Å²) >= 11 is 2.94. The molecule has 3 N–H and O–H groups in total. The van der Waals surface area contributed by atoms with Crippen molar-refractivity contribution in [3.63, 3.8) is 0 Å². The van der Waals surface area contributed by atoms with Gasteiger partial charge in [0.25, 0.3) is 0 Å². The summed E-state index contributed by atoms with van der Waals surface area (Å²) in [5.74, 6) is -1.54. The molecule has 1 unspecified atom stereocenters. The number of hydrogen-bond donors (Lipinski definition) is 3. The Morgan fingerprint density at radius 3 is 2.70 bits per heavy atom. The first kappa shape index (κ1) is 17.5. The van der Waals surface area contributed by atoms with Crippen molar-refractivity contribution < 1.29 is 14.7 Å². The van der Waals surface area contributed by atoms with Crippen molar-refractivity contribution in [2.45, 2.75) is 17.4 Å². The van der Waals surface area contributed by atoms with Crippen molar-refractivity contribution in [1.29, 1.82) is 0 Å². The van der Waals surface area contributed by atoms with E-state index in [0.29, 0.717) is 5.69 Å². The van der Waals surface area contributed by atoms with Gasteiger partial charge in [0.05, 0.1) is 6.54 Å². The Morgan fingerprint density at radius 1 is 1.26 bits per heavy atom. The largest absolute Gasteiger partial charge is 0.383 e. The summed E-state index contributed by atoms with van der Waals surface area (Å²) in [7, 11) is 0. The number of thiophene rings is 1. The zero-order valence-electron chi connectivity index (χ0n) is 12.8. The number of carbonyl (C=O) groups is 2. The molecular weight excluding hydrogens is 332 g/mol. The van der Waals surface area contributed by atoms with Crippen LogP contribution in [0.25, 0.3) is 0 Å². The van der Waals surface area contributed by atoms with E-state index in [9.17, 15) is 14.7 Å². The highest BCUT2D eigenvalue weighted by Gasteiger charge is 2.26. The van der Waals surface area contributed by atoms with Crippen LogP contribution in [-0.4, -0.2) is 29.7 Å². The topological polar surface area (TPSA) is 78.4 Å². The quantitative estimate of drug-likeness (QED) is 0.572. The van der Waals surface area contributed by atoms with Crippen LogP contribution < -0.4 is 10.6 Å². The van der Waals surface area contributed by atoms with Crippen LogP contribution in [0.4, 0.5) is 5.69 Å². The SMILES string of the molecule is CSc1cccc(NC(=O)C(=O)NCC(C)(O)c2cccs2)c1. The molecule has 0 aliphatic carbocycles. The van der Waals surface area contributed by atoms with Gasteiger partial charge in [0, 0.05) is 15.5 Å². The number of aliphatic hydroxyl groups is 1. The zero-order chi connectivity index (χ0) is 16.9. The van der Waals surface area contributed by atoms with Crippen LogP contribution in [0.15, 0.2) is 46.7 Å². The fraction of sp³-hybridized carbons (Fsp3) is 0.250. The van der Waals surface area contributed by atoms with E-state index in [4.69, 9.17) is 0 Å². The number of benzene rings is 1. The number of rotatable bonds is 5. The fourth-order valence-electron chi connectivity index (χ4n) is 1.89. The minimum absolute atomic E-state index is 0.0371. The number of anilines is 1. The molecule has 5 nitrogen and oxygen atoms in total. The summed E-state index contributed by atoms with van der Waals surface area (Å²) < 4.78 is 0. The summed E-state index contributed by atoms with van der Waals surface area (Å²) in [6, 6.07) is 10.8. The highest BCUT2D eigenvalue weighted by molar-refractivity contribution is 7.98. The van der Waals surface area contributed by atoms with Crippen LogP contribution in [0.2, 0.25) is 0 Å². The lowest BCUT2D eigenvalue weighted by Crippen LogP contribution is -2.42. The number of amides is 2. The average Bonchev–Trinajstić information content (AvgIpc) is 3.08. The molecule has 23 heavy (non-hydrogen) atoms. The molecule has 1 aromatic heterocycles. The van der Waals surface area contributed by atoms with Crippen molar-refractivity contribution in [2.75, 3.05) is 18.1 Å². The molecule has 1 aromatic carbocycles. The third kappa shape index (κ3) is 4.82. The molecule has 0 aliphatic heterocycles. The average molecular weight is 350 g/mol. The van der Waals surface area contributed by atoms with Gasteiger partial charge in [-0.2, -0.15) is 0 Å². The molecule has 2 amide bonds. The number of carbonyl (C=O) groups excluding carboxylic acids is 2. The molecule has 1 heterocycles. The molecule has 0 fully saturated rings. The third-order valence-electron chi connectivity index (χ3n) is 3.18. The first-order valence-electron chi connectivity index (χ1n) is 6.92. The minimum atomic E-state index is -1.21. The molecule has 2 aromatic rings. The lowest BCUT2D eigenvalue weighted by Gasteiger charge is -2.22. The maximum atomic E-state index is 11.9. The molecule has 0 bridgehead atoms. The fourth-order valence-corrected chi connectivity index (χ4v) is 3.14. The monoisotopic (exact) mass is 350 g/mol. The van der Waals surface area contributed by atoms with Gasteiger partial charge in [-0.05, 0) is 42.8 Å². The molecule has 0 saturated carbocycles. The summed E-state index contributed by atoms with van der Waals surface area (Å²) in [4.78, 5) is 25.5. The van der Waals surface area contributed by atoms with Gasteiger partial charge in [-0.3, -0.25) is 9.59 Å². The van der Waals surface area contributed by atoms with Crippen LogP contribution in [0.5, 0.6) is 0 Å². The second kappa shape index (κ2) is 7.63. The summed E-state index contributed by atoms with van der Waals surface area (Å²) in [5, 5.41) is 17.2. The Labute approximate surface area is 143 Å². The van der Waals surface area contributed by atoms with E-state index in [1.807, 2.05) is 23.8 Å². The van der Waals surface area contributed by atoms with Gasteiger partial charge in [-0.1, -0.05) is 12.1 Å². The summed E-state index contributed by atoms with van der Waals surface area (Å²) in [6.07, 6.45) is 1.93. The molecule has 2 rings (SSSR count). The highest BCUT2D eigenvalue weighted by Crippen LogP contribution is 2.24. The smallest absolute Gasteiger partial charge is 0.313 e. The predicted molar refractivity (Wildman–Crippen MR) is 93.8 cm³/mol. The van der Waals surface area contributed by atoms with Gasteiger partial charge in [0.1, 0.15) is 5.60 Å². The van der Waals surface area contributed by atoms with Gasteiger partial charge in [-0.25, -0.2) is 0 Å². The number of nitrogens with one attached hydrogen (secondary N) is 2. The summed E-state index contributed by atoms with van der Waals surface area (Å²) in [6.45, 7) is 1.56. The summed E-state index contributed by atoms with van der Waals surface area (Å²) in [5.41, 5.74) is -0.648. The van der Waals surface area contributed by atoms with E-state index < -0.39 is 17.4 Å². The number of thioether (sulfide) groups is 1. The van der Waals surface area contributed by atoms with Gasteiger partial charge in [0.15, 0.2) is 0 Å². The van der Waals surface area contributed by atoms with Crippen molar-refractivity contribution in [3.05, 3.63) is 46.7 Å². The van der Waals surface area contributed by atoms with Crippen molar-refractivity contribution >= 4 is 40.6 Å². The maximum absolute atomic E-state index is 11.9. The first-order chi connectivity index (χ1) is 10.9. The Kier molecular flexibility index (Phi) is 5.81. The Balaban J connectivity index is 1.91. The molecule has 0 aliphatic rings. The zero-order valence-corrected chi connectivity index (χ0v) is 14.5. The van der Waals surface area contributed by atoms with Crippen molar-refractivity contribution in [1.82, 2.24) is 5.32 Å². The predicted octanol–water partition coefficient (Wildman–Crippen LogP) is 2.43. The van der Waals surface area contributed by atoms with Crippen LogP contribution >= 0.6 is 23.1 Å². The molecule has 0 saturated heterocycles. The van der Waals surface area contributed by atoms with Crippen LogP contribution in [0.1, 0.15) is 11.8 Å². The van der Waals surface area contributed by atoms with E-state index in [-0.39, 0.29) is 6.54 Å². The minimum Gasteiger partial charge on any atom is -0.383 e. The normalized spacial score (nSPS) is 13.2. The van der Waals surface area contributed by atoms with E-state index in [2.05, 4.69) is 10.6 Å². The van der Waals surface area contributed by atoms with E-state index in [1.54, 1.807) is 43.0 Å². The van der Waals surface area contributed by atoms with Gasteiger partial charge < -0.3 is 15.7 Å². The van der Waals surface area contributed by atoms with E-state index in [1.165, 1.54) is 11.3 Å². The molecule has 0 spiro atoms. The third-order valence-corrected chi connectivity index (χ3v) is 5.03. The van der Waals surface area contributed by atoms with Gasteiger partial charge >= 0.3 is 11.8 Å². The highest BCUT2D eigenvalue weighted by atomic mass is 32.2. The molecule has 7 heteroatoms. The lowest BCUT2D eigenvalue weighted by atomic mass is 10.1. The second-order valence-electron chi connectivity index (χ2n) is 5.12. The van der Waals surface area contributed by atoms with Gasteiger partial charge in [-0.15, -0.1) is 23.1 Å². The van der Waals surface area contributed by atoms with Crippen molar-refractivity contribution in [3.8, 4) is 0 Å². The van der Waals surface area contributed by atoms with Crippen LogP contribution in [0.3, 0.4) is 0 Å². The number of hydrogen-bond acceptors (Lipinski definition) is 5. The van der Waals surface area contributed by atoms with E-state index in [0.717, 1.165) is 9.77 Å². The van der Waals surface area contributed by atoms with Crippen molar-refractivity contribution in [2.24, 2.45) is 0 Å². The van der Waals surface area contributed by atoms with Crippen LogP contribution in [0, 0.1) is 0 Å². The molecule has 1 atom stereocenters. The second-order valence-corrected chi connectivity index (χ2v) is 6.95. The molecule has 0 radical (unpaired) electrons. The Bertz CT molecular complexity index is 684. The molecular formula is C16H18N2O3S2. The van der Waals surface area contributed by atoms with Gasteiger partial charge in [0.2, 0.25) is 0 Å². The van der Waals surface area contributed by atoms with Crippen LogP contribution in [-0.2, 0) is 15.2 Å².